The van der Waals surface area contributed by atoms with Crippen LogP contribution in [0.4, 0.5) is 0 Å². The van der Waals surface area contributed by atoms with Crippen LogP contribution < -0.4 is 10.1 Å². The number of fused-ring (bicyclic) bond motifs is 1. The van der Waals surface area contributed by atoms with Crippen molar-refractivity contribution in [2.75, 3.05) is 20.2 Å². The second-order valence-electron chi connectivity index (χ2n) is 8.40. The molecule has 174 valence electrons. The van der Waals surface area contributed by atoms with E-state index >= 15 is 0 Å². The Bertz CT molecular complexity index is 1260. The van der Waals surface area contributed by atoms with E-state index in [1.54, 1.807) is 25.7 Å². The van der Waals surface area contributed by atoms with Crippen molar-refractivity contribution in [1.29, 1.82) is 0 Å². The fraction of sp³-hybridized carbons (Fsp3) is 0.320. The molecule has 0 amide bonds. The van der Waals surface area contributed by atoms with E-state index in [4.69, 9.17) is 9.72 Å². The van der Waals surface area contributed by atoms with Gasteiger partial charge < -0.3 is 19.8 Å². The Morgan fingerprint density at radius 3 is 2.97 bits per heavy atom. The van der Waals surface area contributed by atoms with Crippen molar-refractivity contribution in [2.45, 2.75) is 31.5 Å². The van der Waals surface area contributed by atoms with Gasteiger partial charge in [0.05, 0.1) is 48.4 Å². The second kappa shape index (κ2) is 10.1. The SMILES string of the molecule is COc1nc2ccccc2cc1-c1cnc([C@@H]2C[C@@H](NCc3cnccn3)CCN2CC=O)[nH]1. The number of carbonyl (C=O) groups is 1. The van der Waals surface area contributed by atoms with E-state index < -0.39 is 0 Å². The summed E-state index contributed by atoms with van der Waals surface area (Å²) in [6.45, 7) is 1.83. The number of aromatic nitrogens is 5. The minimum atomic E-state index is -0.00790. The van der Waals surface area contributed by atoms with Crippen LogP contribution in [-0.2, 0) is 11.3 Å². The maximum absolute atomic E-state index is 11.3. The van der Waals surface area contributed by atoms with Gasteiger partial charge in [-0.1, -0.05) is 18.2 Å². The van der Waals surface area contributed by atoms with E-state index in [-0.39, 0.29) is 12.1 Å². The highest BCUT2D eigenvalue weighted by molar-refractivity contribution is 5.85. The average molecular weight is 458 g/mol. The zero-order valence-corrected chi connectivity index (χ0v) is 19.0. The number of rotatable bonds is 8. The molecule has 0 aliphatic carbocycles. The van der Waals surface area contributed by atoms with Gasteiger partial charge in [-0.05, 0) is 25.0 Å². The number of imidazole rings is 1. The summed E-state index contributed by atoms with van der Waals surface area (Å²) in [7, 11) is 1.62. The molecule has 9 heteroatoms. The number of pyridine rings is 1. The summed E-state index contributed by atoms with van der Waals surface area (Å²) in [4.78, 5) is 34.8. The number of nitrogens with one attached hydrogen (secondary N) is 2. The lowest BCUT2D eigenvalue weighted by Gasteiger charge is -2.37. The summed E-state index contributed by atoms with van der Waals surface area (Å²) >= 11 is 0. The van der Waals surface area contributed by atoms with Gasteiger partial charge in [0, 0.05) is 43.1 Å². The number of ether oxygens (including phenoxy) is 1. The molecule has 0 saturated carbocycles. The van der Waals surface area contributed by atoms with Crippen molar-refractivity contribution >= 4 is 17.2 Å². The fourth-order valence-corrected chi connectivity index (χ4v) is 4.56. The van der Waals surface area contributed by atoms with Crippen molar-refractivity contribution in [2.24, 2.45) is 0 Å². The van der Waals surface area contributed by atoms with Crippen molar-refractivity contribution in [3.8, 4) is 17.1 Å². The first-order chi connectivity index (χ1) is 16.7. The average Bonchev–Trinajstić information content (AvgIpc) is 3.38. The first kappa shape index (κ1) is 22.1. The number of para-hydroxylation sites is 1. The molecule has 34 heavy (non-hydrogen) atoms. The highest BCUT2D eigenvalue weighted by Crippen LogP contribution is 2.34. The summed E-state index contributed by atoms with van der Waals surface area (Å²) < 4.78 is 5.58. The topological polar surface area (TPSA) is 109 Å². The molecule has 1 aliphatic rings. The lowest BCUT2D eigenvalue weighted by Crippen LogP contribution is -2.45. The number of nitrogens with zero attached hydrogens (tertiary/aromatic N) is 5. The van der Waals surface area contributed by atoms with Crippen molar-refractivity contribution in [1.82, 2.24) is 35.1 Å². The van der Waals surface area contributed by atoms with Crippen LogP contribution in [-0.4, -0.2) is 62.3 Å². The Kier molecular flexibility index (Phi) is 6.55. The number of hydrogen-bond donors (Lipinski definition) is 2. The van der Waals surface area contributed by atoms with Crippen LogP contribution in [0.25, 0.3) is 22.2 Å². The fourth-order valence-electron chi connectivity index (χ4n) is 4.56. The number of methoxy groups -OCH3 is 1. The number of benzene rings is 1. The van der Waals surface area contributed by atoms with Crippen molar-refractivity contribution < 1.29 is 9.53 Å². The van der Waals surface area contributed by atoms with E-state index in [0.717, 1.165) is 59.4 Å². The molecule has 4 heterocycles. The maximum atomic E-state index is 11.3. The molecule has 0 spiro atoms. The quantitative estimate of drug-likeness (QED) is 0.389. The summed E-state index contributed by atoms with van der Waals surface area (Å²) in [6, 6.07) is 10.3. The Balaban J connectivity index is 1.39. The first-order valence-corrected chi connectivity index (χ1v) is 11.4. The minimum absolute atomic E-state index is 0.00790. The number of hydrogen-bond acceptors (Lipinski definition) is 8. The van der Waals surface area contributed by atoms with Gasteiger partial charge in [-0.3, -0.25) is 14.9 Å². The van der Waals surface area contributed by atoms with Crippen LogP contribution in [0.1, 0.15) is 30.4 Å². The number of carbonyl (C=O) groups excluding carboxylic acids is 1. The van der Waals surface area contributed by atoms with Crippen LogP contribution in [0.2, 0.25) is 0 Å². The normalized spacial score (nSPS) is 18.7. The van der Waals surface area contributed by atoms with Gasteiger partial charge in [0.15, 0.2) is 0 Å². The molecule has 0 unspecified atom stereocenters. The van der Waals surface area contributed by atoms with E-state index in [9.17, 15) is 4.79 Å². The third-order valence-corrected chi connectivity index (χ3v) is 6.29. The van der Waals surface area contributed by atoms with E-state index in [1.165, 1.54) is 0 Å². The third kappa shape index (κ3) is 4.66. The molecule has 2 N–H and O–H groups in total. The zero-order chi connectivity index (χ0) is 23.3. The van der Waals surface area contributed by atoms with Crippen LogP contribution in [0.5, 0.6) is 5.88 Å². The van der Waals surface area contributed by atoms with Crippen LogP contribution in [0.15, 0.2) is 55.1 Å². The van der Waals surface area contributed by atoms with Crippen LogP contribution in [0.3, 0.4) is 0 Å². The summed E-state index contributed by atoms with van der Waals surface area (Å²) in [6.07, 6.45) is 9.70. The van der Waals surface area contributed by atoms with Gasteiger partial charge in [0.25, 0.3) is 0 Å². The Morgan fingerprint density at radius 2 is 2.15 bits per heavy atom. The van der Waals surface area contributed by atoms with Crippen LogP contribution >= 0.6 is 0 Å². The second-order valence-corrected chi connectivity index (χ2v) is 8.40. The molecule has 1 aliphatic heterocycles. The molecule has 9 nitrogen and oxygen atoms in total. The predicted molar refractivity (Wildman–Crippen MR) is 128 cm³/mol. The van der Waals surface area contributed by atoms with Gasteiger partial charge >= 0.3 is 0 Å². The number of likely N-dealkylation sites (tertiary alicyclic amines) is 1. The highest BCUT2D eigenvalue weighted by Gasteiger charge is 2.31. The van der Waals surface area contributed by atoms with Crippen LogP contribution in [0, 0.1) is 0 Å². The molecule has 5 rings (SSSR count). The van der Waals surface area contributed by atoms with E-state index in [0.29, 0.717) is 19.0 Å². The zero-order valence-electron chi connectivity index (χ0n) is 19.0. The number of aldehydes is 1. The number of aromatic amines is 1. The van der Waals surface area contributed by atoms with E-state index in [1.807, 2.05) is 30.5 Å². The first-order valence-electron chi connectivity index (χ1n) is 11.4. The Hall–Kier alpha value is -3.69. The number of piperidine rings is 1. The number of H-pyrrole nitrogens is 1. The molecule has 0 radical (unpaired) electrons. The molecule has 1 aromatic carbocycles. The summed E-state index contributed by atoms with van der Waals surface area (Å²) in [5.74, 6) is 1.38. The molecule has 1 saturated heterocycles. The lowest BCUT2D eigenvalue weighted by molar-refractivity contribution is -0.109. The molecule has 4 aromatic rings. The third-order valence-electron chi connectivity index (χ3n) is 6.29. The van der Waals surface area contributed by atoms with Gasteiger partial charge in [-0.15, -0.1) is 0 Å². The standard InChI is InChI=1S/C25H27N7O2/c1-34-25-20(12-17-4-2-3-5-21(17)31-25)22-16-29-24(30-22)23-13-18(6-9-32(23)10-11-33)28-15-19-14-26-7-8-27-19/h2-5,7-8,11-12,14,16,18,23,28H,6,9-10,13,15H2,1H3,(H,29,30)/t18-,23-/m0/s1. The predicted octanol–water partition coefficient (Wildman–Crippen LogP) is 2.92. The van der Waals surface area contributed by atoms with Gasteiger partial charge in [-0.2, -0.15) is 0 Å². The lowest BCUT2D eigenvalue weighted by atomic mass is 9.96. The molecule has 0 bridgehead atoms. The largest absolute Gasteiger partial charge is 0.480 e. The smallest absolute Gasteiger partial charge is 0.223 e. The Morgan fingerprint density at radius 1 is 1.24 bits per heavy atom. The summed E-state index contributed by atoms with van der Waals surface area (Å²) in [5, 5.41) is 4.62. The van der Waals surface area contributed by atoms with Crippen molar-refractivity contribution in [3.63, 3.8) is 0 Å². The molecule has 3 aromatic heterocycles. The molecular formula is C25H27N7O2. The van der Waals surface area contributed by atoms with E-state index in [2.05, 4.69) is 36.2 Å². The molecule has 1 fully saturated rings. The maximum Gasteiger partial charge on any atom is 0.223 e. The van der Waals surface area contributed by atoms with Gasteiger partial charge in [-0.25, -0.2) is 9.97 Å². The van der Waals surface area contributed by atoms with Gasteiger partial charge in [0.2, 0.25) is 5.88 Å². The molecular weight excluding hydrogens is 430 g/mol. The summed E-state index contributed by atoms with van der Waals surface area (Å²) in [5.41, 5.74) is 3.48. The van der Waals surface area contributed by atoms with Gasteiger partial charge in [0.1, 0.15) is 12.1 Å². The Labute approximate surface area is 197 Å². The monoisotopic (exact) mass is 457 g/mol. The highest BCUT2D eigenvalue weighted by atomic mass is 16.5. The minimum Gasteiger partial charge on any atom is -0.480 e. The molecule has 2 atom stereocenters. The van der Waals surface area contributed by atoms with Crippen molar-refractivity contribution in [3.05, 3.63) is 66.6 Å².